The molecule has 2 aromatic carbocycles. The van der Waals surface area contributed by atoms with Crippen LogP contribution in [0, 0.1) is 6.92 Å². The molecule has 1 amide bonds. The molecule has 3 rings (SSSR count). The summed E-state index contributed by atoms with van der Waals surface area (Å²) in [5, 5.41) is 7.16. The highest BCUT2D eigenvalue weighted by atomic mass is 16.1. The first kappa shape index (κ1) is 16.8. The van der Waals surface area contributed by atoms with Crippen molar-refractivity contribution in [1.82, 2.24) is 10.3 Å². The summed E-state index contributed by atoms with van der Waals surface area (Å²) in [7, 11) is 0. The number of hydrogen-bond acceptors (Lipinski definition) is 4. The summed E-state index contributed by atoms with van der Waals surface area (Å²) >= 11 is 0. The Balaban J connectivity index is 2.19. The van der Waals surface area contributed by atoms with Crippen LogP contribution in [-0.2, 0) is 0 Å². The Hall–Kier alpha value is -3.08. The van der Waals surface area contributed by atoms with E-state index in [2.05, 4.69) is 15.6 Å². The summed E-state index contributed by atoms with van der Waals surface area (Å²) < 4.78 is 0. The van der Waals surface area contributed by atoms with E-state index in [1.807, 2.05) is 57.2 Å². The zero-order valence-electron chi connectivity index (χ0n) is 14.6. The van der Waals surface area contributed by atoms with Crippen molar-refractivity contribution in [2.45, 2.75) is 26.8 Å². The van der Waals surface area contributed by atoms with Gasteiger partial charge in [0.1, 0.15) is 0 Å². The number of carbonyl (C=O) groups excluding carboxylic acids is 1. The highest BCUT2D eigenvalue weighted by molar-refractivity contribution is 6.10. The third-order valence-electron chi connectivity index (χ3n) is 4.00. The first-order valence-corrected chi connectivity index (χ1v) is 8.28. The molecule has 0 spiro atoms. The van der Waals surface area contributed by atoms with Crippen LogP contribution in [0.3, 0.4) is 0 Å². The third kappa shape index (κ3) is 3.40. The zero-order valence-corrected chi connectivity index (χ0v) is 14.6. The van der Waals surface area contributed by atoms with Gasteiger partial charge in [-0.15, -0.1) is 0 Å². The molecule has 0 saturated heterocycles. The molecule has 3 aromatic rings. The van der Waals surface area contributed by atoms with E-state index >= 15 is 0 Å². The Labute approximate surface area is 147 Å². The van der Waals surface area contributed by atoms with Gasteiger partial charge in [-0.05, 0) is 38.5 Å². The summed E-state index contributed by atoms with van der Waals surface area (Å²) in [6.45, 7) is 5.88. The minimum atomic E-state index is -0.164. The summed E-state index contributed by atoms with van der Waals surface area (Å²) in [5.41, 5.74) is 10.6. The Morgan fingerprint density at radius 1 is 1.12 bits per heavy atom. The second-order valence-electron chi connectivity index (χ2n) is 6.36. The lowest BCUT2D eigenvalue weighted by molar-refractivity contribution is 0.0944. The van der Waals surface area contributed by atoms with Crippen molar-refractivity contribution >= 4 is 33.9 Å². The number of nitrogens with zero attached hydrogens (tertiary/aromatic N) is 1. The molecule has 0 aliphatic heterocycles. The molecule has 5 nitrogen and oxygen atoms in total. The Kier molecular flexibility index (Phi) is 4.57. The Morgan fingerprint density at radius 3 is 2.60 bits per heavy atom. The number of para-hydroxylation sites is 2. The lowest BCUT2D eigenvalue weighted by Crippen LogP contribution is -2.30. The van der Waals surface area contributed by atoms with Crippen molar-refractivity contribution in [3.8, 4) is 0 Å². The van der Waals surface area contributed by atoms with Crippen molar-refractivity contribution in [2.75, 3.05) is 11.1 Å². The minimum absolute atomic E-state index is 0.0374. The van der Waals surface area contributed by atoms with Gasteiger partial charge in [0.05, 0.1) is 22.5 Å². The van der Waals surface area contributed by atoms with Crippen LogP contribution in [0.5, 0.6) is 0 Å². The van der Waals surface area contributed by atoms with Crippen LogP contribution < -0.4 is 16.4 Å². The van der Waals surface area contributed by atoms with Crippen LogP contribution in [0.25, 0.3) is 10.9 Å². The van der Waals surface area contributed by atoms with Crippen LogP contribution in [0.1, 0.15) is 29.8 Å². The molecule has 1 heterocycles. The normalized spacial score (nSPS) is 10.9. The van der Waals surface area contributed by atoms with Crippen LogP contribution in [0.4, 0.5) is 17.1 Å². The number of pyridine rings is 1. The summed E-state index contributed by atoms with van der Waals surface area (Å²) in [6, 6.07) is 13.6. The van der Waals surface area contributed by atoms with Crippen molar-refractivity contribution in [2.24, 2.45) is 0 Å². The standard InChI is InChI=1S/C20H22N4O/c1-12(2)23-20(25)15-11-22-19-14(8-6-9-16(19)21)18(15)24-17-10-5-4-7-13(17)3/h4-12H,21H2,1-3H3,(H,22,24)(H,23,25). The van der Waals surface area contributed by atoms with Crippen molar-refractivity contribution in [3.63, 3.8) is 0 Å². The van der Waals surface area contributed by atoms with Crippen molar-refractivity contribution < 1.29 is 4.79 Å². The first-order chi connectivity index (χ1) is 12.0. The predicted molar refractivity (Wildman–Crippen MR) is 103 cm³/mol. The smallest absolute Gasteiger partial charge is 0.255 e. The largest absolute Gasteiger partial charge is 0.397 e. The fourth-order valence-corrected chi connectivity index (χ4v) is 2.74. The van der Waals surface area contributed by atoms with Crippen molar-refractivity contribution in [1.29, 1.82) is 0 Å². The number of aromatic nitrogens is 1. The fourth-order valence-electron chi connectivity index (χ4n) is 2.74. The van der Waals surface area contributed by atoms with E-state index in [-0.39, 0.29) is 11.9 Å². The number of nitrogens with two attached hydrogens (primary N) is 1. The first-order valence-electron chi connectivity index (χ1n) is 8.28. The molecular weight excluding hydrogens is 312 g/mol. The van der Waals surface area contributed by atoms with Gasteiger partial charge in [0, 0.05) is 23.3 Å². The number of hydrogen-bond donors (Lipinski definition) is 3. The number of aryl methyl sites for hydroxylation is 1. The van der Waals surface area contributed by atoms with E-state index in [0.29, 0.717) is 22.5 Å². The van der Waals surface area contributed by atoms with E-state index < -0.39 is 0 Å². The Morgan fingerprint density at radius 2 is 1.88 bits per heavy atom. The molecule has 0 atom stereocenters. The van der Waals surface area contributed by atoms with E-state index in [9.17, 15) is 4.79 Å². The van der Waals surface area contributed by atoms with Gasteiger partial charge in [0.2, 0.25) is 0 Å². The summed E-state index contributed by atoms with van der Waals surface area (Å²) in [4.78, 5) is 17.1. The SMILES string of the molecule is Cc1ccccc1Nc1c(C(=O)NC(C)C)cnc2c(N)cccc12. The number of fused-ring (bicyclic) bond motifs is 1. The summed E-state index contributed by atoms with van der Waals surface area (Å²) in [6.07, 6.45) is 1.58. The average molecular weight is 334 g/mol. The second kappa shape index (κ2) is 6.81. The third-order valence-corrected chi connectivity index (χ3v) is 4.00. The minimum Gasteiger partial charge on any atom is -0.397 e. The molecule has 0 aliphatic carbocycles. The molecule has 0 bridgehead atoms. The van der Waals surface area contributed by atoms with Crippen LogP contribution in [-0.4, -0.2) is 16.9 Å². The van der Waals surface area contributed by atoms with Gasteiger partial charge < -0.3 is 16.4 Å². The Bertz CT molecular complexity index is 934. The van der Waals surface area contributed by atoms with Crippen LogP contribution in [0.2, 0.25) is 0 Å². The molecule has 0 unspecified atom stereocenters. The van der Waals surface area contributed by atoms with Crippen molar-refractivity contribution in [3.05, 3.63) is 59.8 Å². The topological polar surface area (TPSA) is 80.0 Å². The van der Waals surface area contributed by atoms with Gasteiger partial charge in [-0.25, -0.2) is 0 Å². The van der Waals surface area contributed by atoms with E-state index in [1.54, 1.807) is 12.3 Å². The number of anilines is 3. The van der Waals surface area contributed by atoms with Crippen LogP contribution >= 0.6 is 0 Å². The van der Waals surface area contributed by atoms with Gasteiger partial charge in [-0.1, -0.05) is 30.3 Å². The van der Waals surface area contributed by atoms with Gasteiger partial charge in [-0.3, -0.25) is 9.78 Å². The average Bonchev–Trinajstić information content (AvgIpc) is 2.57. The number of amides is 1. The van der Waals surface area contributed by atoms with E-state index in [4.69, 9.17) is 5.73 Å². The number of rotatable bonds is 4. The predicted octanol–water partition coefficient (Wildman–Crippen LogP) is 4.01. The quantitative estimate of drug-likeness (QED) is 0.630. The monoisotopic (exact) mass is 334 g/mol. The number of benzene rings is 2. The van der Waals surface area contributed by atoms with E-state index in [0.717, 1.165) is 16.6 Å². The molecule has 0 saturated carbocycles. The highest BCUT2D eigenvalue weighted by Gasteiger charge is 2.17. The maximum absolute atomic E-state index is 12.7. The van der Waals surface area contributed by atoms with Gasteiger partial charge in [-0.2, -0.15) is 0 Å². The molecule has 0 aliphatic rings. The molecule has 0 fully saturated rings. The van der Waals surface area contributed by atoms with Gasteiger partial charge >= 0.3 is 0 Å². The van der Waals surface area contributed by atoms with E-state index in [1.165, 1.54) is 0 Å². The lowest BCUT2D eigenvalue weighted by Gasteiger charge is -2.17. The number of carbonyl (C=O) groups is 1. The second-order valence-corrected chi connectivity index (χ2v) is 6.36. The summed E-state index contributed by atoms with van der Waals surface area (Å²) in [5.74, 6) is -0.164. The number of nitrogens with one attached hydrogen (secondary N) is 2. The molecule has 5 heteroatoms. The molecular formula is C20H22N4O. The van der Waals surface area contributed by atoms with Gasteiger partial charge in [0.15, 0.2) is 0 Å². The maximum atomic E-state index is 12.7. The molecule has 128 valence electrons. The molecule has 0 radical (unpaired) electrons. The maximum Gasteiger partial charge on any atom is 0.255 e. The molecule has 25 heavy (non-hydrogen) atoms. The fraction of sp³-hybridized carbons (Fsp3) is 0.200. The zero-order chi connectivity index (χ0) is 18.0. The highest BCUT2D eigenvalue weighted by Crippen LogP contribution is 2.32. The molecule has 1 aromatic heterocycles. The number of nitrogen functional groups attached to an aromatic ring is 1. The van der Waals surface area contributed by atoms with Crippen LogP contribution in [0.15, 0.2) is 48.7 Å². The lowest BCUT2D eigenvalue weighted by atomic mass is 10.1. The van der Waals surface area contributed by atoms with Gasteiger partial charge in [0.25, 0.3) is 5.91 Å². The molecule has 4 N–H and O–H groups in total.